The fourth-order valence-electron chi connectivity index (χ4n) is 3.29. The maximum atomic E-state index is 12.9. The molecule has 9 nitrogen and oxygen atoms in total. The molecule has 0 bridgehead atoms. The second-order valence-corrected chi connectivity index (χ2v) is 7.54. The van der Waals surface area contributed by atoms with Gasteiger partial charge < -0.3 is 29.9 Å². The summed E-state index contributed by atoms with van der Waals surface area (Å²) in [5.41, 5.74) is 1.22. The maximum Gasteiger partial charge on any atom is 0.336 e. The first kappa shape index (κ1) is 25.0. The van der Waals surface area contributed by atoms with Crippen LogP contribution in [-0.4, -0.2) is 76.7 Å². The Morgan fingerprint density at radius 3 is 2.23 bits per heavy atom. The van der Waals surface area contributed by atoms with Gasteiger partial charge in [-0.05, 0) is 25.5 Å². The first-order chi connectivity index (χ1) is 14.7. The summed E-state index contributed by atoms with van der Waals surface area (Å²) in [5.74, 6) is -3.52. The number of benzene rings is 1. The number of halogens is 1. The van der Waals surface area contributed by atoms with Crippen molar-refractivity contribution in [2.45, 2.75) is 32.0 Å². The number of carbonyl (C=O) groups is 2. The van der Waals surface area contributed by atoms with Crippen LogP contribution in [0.4, 0.5) is 0 Å². The van der Waals surface area contributed by atoms with E-state index < -0.39 is 62.4 Å². The van der Waals surface area contributed by atoms with Crippen LogP contribution >= 0.6 is 11.6 Å². The van der Waals surface area contributed by atoms with E-state index in [0.29, 0.717) is 22.0 Å². The number of aliphatic imine (C=N–C) groups is 1. The number of hydrogen-bond acceptors (Lipinski definition) is 9. The summed E-state index contributed by atoms with van der Waals surface area (Å²) >= 11 is 6.38. The van der Waals surface area contributed by atoms with Crippen LogP contribution in [0.25, 0.3) is 0 Å². The fraction of sp³-hybridized carbons (Fsp3) is 0.476. The van der Waals surface area contributed by atoms with E-state index in [2.05, 4.69) is 4.99 Å². The molecule has 1 aliphatic rings. The molecule has 0 aromatic heterocycles. The lowest BCUT2D eigenvalue weighted by Gasteiger charge is -2.32. The van der Waals surface area contributed by atoms with Crippen molar-refractivity contribution in [3.8, 4) is 0 Å². The van der Waals surface area contributed by atoms with Crippen molar-refractivity contribution in [3.05, 3.63) is 46.1 Å². The monoisotopic (exact) mass is 455 g/mol. The van der Waals surface area contributed by atoms with Crippen molar-refractivity contribution < 1.29 is 39.5 Å². The zero-order valence-corrected chi connectivity index (χ0v) is 18.0. The molecule has 1 aliphatic heterocycles. The second-order valence-electron chi connectivity index (χ2n) is 7.13. The molecule has 4 N–H and O–H groups in total. The van der Waals surface area contributed by atoms with E-state index >= 15 is 0 Å². The Kier molecular flexibility index (Phi) is 9.15. The largest absolute Gasteiger partial charge is 0.462 e. The molecule has 4 unspecified atom stereocenters. The molecule has 31 heavy (non-hydrogen) atoms. The smallest absolute Gasteiger partial charge is 0.336 e. The Labute approximate surface area is 184 Å². The van der Waals surface area contributed by atoms with Crippen LogP contribution < -0.4 is 0 Å². The van der Waals surface area contributed by atoms with E-state index in [4.69, 9.17) is 31.3 Å². The summed E-state index contributed by atoms with van der Waals surface area (Å²) in [6.45, 7) is 1.16. The van der Waals surface area contributed by atoms with Gasteiger partial charge in [0, 0.05) is 22.3 Å². The van der Waals surface area contributed by atoms with Crippen LogP contribution in [0.3, 0.4) is 0 Å². The van der Waals surface area contributed by atoms with E-state index in [0.717, 1.165) is 0 Å². The number of aliphatic hydroxyl groups excluding tert-OH is 4. The molecule has 0 fully saturated rings. The molecule has 0 saturated heterocycles. The van der Waals surface area contributed by atoms with Gasteiger partial charge in [0.15, 0.2) is 0 Å². The van der Waals surface area contributed by atoms with Gasteiger partial charge in [0.1, 0.15) is 31.3 Å². The normalized spacial score (nSPS) is 20.7. The third-order valence-electron chi connectivity index (χ3n) is 4.79. The molecule has 170 valence electrons. The van der Waals surface area contributed by atoms with Gasteiger partial charge in [-0.25, -0.2) is 4.79 Å². The minimum absolute atomic E-state index is 0.0634. The average molecular weight is 456 g/mol. The summed E-state index contributed by atoms with van der Waals surface area (Å²) in [6, 6.07) is 6.68. The van der Waals surface area contributed by atoms with E-state index in [1.807, 2.05) is 0 Å². The number of hydrogen-bond donors (Lipinski definition) is 4. The van der Waals surface area contributed by atoms with Crippen LogP contribution in [0, 0.1) is 5.92 Å². The topological polar surface area (TPSA) is 146 Å². The van der Waals surface area contributed by atoms with Gasteiger partial charge in [-0.3, -0.25) is 9.79 Å². The molecule has 0 saturated carbocycles. The van der Waals surface area contributed by atoms with Gasteiger partial charge >= 0.3 is 11.9 Å². The van der Waals surface area contributed by atoms with E-state index in [1.54, 1.807) is 38.1 Å². The van der Waals surface area contributed by atoms with Crippen molar-refractivity contribution in [1.82, 2.24) is 0 Å². The third kappa shape index (κ3) is 6.11. The molecular formula is C21H26ClNO8. The molecular weight excluding hydrogens is 430 g/mol. The Balaban J connectivity index is 2.48. The fourth-order valence-corrected chi connectivity index (χ4v) is 3.55. The number of carbonyl (C=O) groups excluding carboxylic acids is 2. The van der Waals surface area contributed by atoms with Crippen molar-refractivity contribution in [1.29, 1.82) is 0 Å². The van der Waals surface area contributed by atoms with Gasteiger partial charge in [0.25, 0.3) is 0 Å². The van der Waals surface area contributed by atoms with Crippen LogP contribution in [0.2, 0.25) is 5.02 Å². The summed E-state index contributed by atoms with van der Waals surface area (Å²) in [6.07, 6.45) is -2.50. The van der Waals surface area contributed by atoms with Gasteiger partial charge in [0.05, 0.1) is 18.8 Å². The number of nitrogens with zero attached hydrogens (tertiary/aromatic N) is 1. The van der Waals surface area contributed by atoms with Gasteiger partial charge in [-0.15, -0.1) is 0 Å². The second kappa shape index (κ2) is 11.4. The van der Waals surface area contributed by atoms with Gasteiger partial charge in [-0.1, -0.05) is 29.8 Å². The molecule has 0 aliphatic carbocycles. The summed E-state index contributed by atoms with van der Waals surface area (Å²) in [4.78, 5) is 30.1. The van der Waals surface area contributed by atoms with Crippen LogP contribution in [-0.2, 0) is 19.1 Å². The van der Waals surface area contributed by atoms with Gasteiger partial charge in [-0.2, -0.15) is 0 Å². The Morgan fingerprint density at radius 1 is 1.06 bits per heavy atom. The third-order valence-corrected chi connectivity index (χ3v) is 5.13. The van der Waals surface area contributed by atoms with E-state index in [-0.39, 0.29) is 5.57 Å². The van der Waals surface area contributed by atoms with E-state index in [1.165, 1.54) is 0 Å². The highest BCUT2D eigenvalue weighted by molar-refractivity contribution is 6.31. The average Bonchev–Trinajstić information content (AvgIpc) is 2.75. The highest BCUT2D eigenvalue weighted by Gasteiger charge is 2.43. The lowest BCUT2D eigenvalue weighted by molar-refractivity contribution is -0.150. The van der Waals surface area contributed by atoms with Crippen molar-refractivity contribution in [2.24, 2.45) is 10.9 Å². The number of ether oxygens (including phenoxy) is 2. The highest BCUT2D eigenvalue weighted by Crippen LogP contribution is 2.42. The van der Waals surface area contributed by atoms with Crippen molar-refractivity contribution in [2.75, 3.05) is 26.4 Å². The number of aliphatic hydroxyl groups is 4. The number of esters is 2. The first-order valence-corrected chi connectivity index (χ1v) is 10.0. The Hall–Kier alpha value is -2.30. The van der Waals surface area contributed by atoms with Crippen LogP contribution in [0.5, 0.6) is 0 Å². The Morgan fingerprint density at radius 2 is 1.65 bits per heavy atom. The minimum atomic E-state index is -1.25. The molecule has 1 aromatic rings. The molecule has 1 aromatic carbocycles. The zero-order chi connectivity index (χ0) is 23.1. The molecule has 0 spiro atoms. The van der Waals surface area contributed by atoms with Crippen molar-refractivity contribution >= 4 is 29.3 Å². The lowest BCUT2D eigenvalue weighted by Crippen LogP contribution is -2.38. The molecule has 0 radical (unpaired) electrons. The van der Waals surface area contributed by atoms with Crippen molar-refractivity contribution in [3.63, 3.8) is 0 Å². The minimum Gasteiger partial charge on any atom is -0.462 e. The SMILES string of the molecule is CC1=NC(C)=C(C(=O)OCC(O)CO)C(c2ccccc2Cl)C1C(=O)OCC(O)CO. The predicted octanol–water partition coefficient (Wildman–Crippen LogP) is 0.581. The highest BCUT2D eigenvalue weighted by atomic mass is 35.5. The maximum absolute atomic E-state index is 12.9. The molecule has 4 atom stereocenters. The molecule has 0 amide bonds. The standard InChI is InChI=1S/C21H26ClNO8/c1-11-17(20(28)30-9-13(26)7-24)19(15-5-3-4-6-16(15)22)18(12(2)23-11)21(29)31-10-14(27)8-25/h3-6,13-14,17,19,24-27H,7-10H2,1-2H3. The predicted molar refractivity (Wildman–Crippen MR) is 112 cm³/mol. The first-order valence-electron chi connectivity index (χ1n) is 9.63. The zero-order valence-electron chi connectivity index (χ0n) is 17.2. The lowest BCUT2D eigenvalue weighted by atomic mass is 9.75. The molecule has 10 heteroatoms. The molecule has 2 rings (SSSR count). The van der Waals surface area contributed by atoms with Crippen LogP contribution in [0.1, 0.15) is 25.3 Å². The quantitative estimate of drug-likeness (QED) is 0.395. The van der Waals surface area contributed by atoms with E-state index in [9.17, 15) is 19.8 Å². The van der Waals surface area contributed by atoms with Crippen LogP contribution in [0.15, 0.2) is 40.5 Å². The van der Waals surface area contributed by atoms with Gasteiger partial charge in [0.2, 0.25) is 0 Å². The molecule has 1 heterocycles. The number of rotatable bonds is 9. The summed E-state index contributed by atoms with van der Waals surface area (Å²) < 4.78 is 10.3. The number of allylic oxidation sites excluding steroid dienone is 1. The Bertz CT molecular complexity index is 869. The summed E-state index contributed by atoms with van der Waals surface area (Å²) in [5, 5.41) is 37.3. The summed E-state index contributed by atoms with van der Waals surface area (Å²) in [7, 11) is 0.